The molecule has 1 unspecified atom stereocenters. The topological polar surface area (TPSA) is 46.5 Å². The predicted molar refractivity (Wildman–Crippen MR) is 143 cm³/mol. The number of aliphatic hydroxyl groups excluding tert-OH is 1. The van der Waals surface area contributed by atoms with Crippen LogP contribution in [0.5, 0.6) is 0 Å². The van der Waals surface area contributed by atoms with E-state index in [-0.39, 0.29) is 12.6 Å². The molecule has 1 aromatic rings. The van der Waals surface area contributed by atoms with E-state index >= 15 is 0 Å². The number of aliphatic hydroxyl groups is 1. The van der Waals surface area contributed by atoms with Crippen molar-refractivity contribution in [3.63, 3.8) is 0 Å². The summed E-state index contributed by atoms with van der Waals surface area (Å²) < 4.78 is 5.28. The standard InChI is InChI=1S/C31H50O3/c1-4-5-6-9-26-12-14-27(15-13-26)10-7-8-11-28-16-18-29(19-17-28)24-30(20-22-32)21-23-34-31(33)25(2)3/h12-15,28-30,32H,2,4-11,16-24H2,1,3H3. The van der Waals surface area contributed by atoms with Crippen LogP contribution in [0.2, 0.25) is 0 Å². The Balaban J connectivity index is 1.58. The maximum absolute atomic E-state index is 11.6. The summed E-state index contributed by atoms with van der Waals surface area (Å²) in [6.45, 7) is 8.23. The van der Waals surface area contributed by atoms with E-state index in [1.54, 1.807) is 6.92 Å². The fourth-order valence-corrected chi connectivity index (χ4v) is 5.45. The van der Waals surface area contributed by atoms with E-state index in [0.717, 1.165) is 31.1 Å². The summed E-state index contributed by atoms with van der Waals surface area (Å²) in [7, 11) is 0. The van der Waals surface area contributed by atoms with Crippen LogP contribution in [0.25, 0.3) is 0 Å². The van der Waals surface area contributed by atoms with E-state index in [0.29, 0.717) is 18.1 Å². The van der Waals surface area contributed by atoms with Crippen molar-refractivity contribution in [3.05, 3.63) is 47.5 Å². The van der Waals surface area contributed by atoms with Crippen LogP contribution in [0.3, 0.4) is 0 Å². The van der Waals surface area contributed by atoms with Crippen LogP contribution in [-0.2, 0) is 22.4 Å². The van der Waals surface area contributed by atoms with E-state index in [2.05, 4.69) is 37.8 Å². The summed E-state index contributed by atoms with van der Waals surface area (Å²) >= 11 is 0. The predicted octanol–water partition coefficient (Wildman–Crippen LogP) is 7.84. The van der Waals surface area contributed by atoms with Gasteiger partial charge in [0.2, 0.25) is 0 Å². The van der Waals surface area contributed by atoms with Gasteiger partial charge in [-0.3, -0.25) is 0 Å². The second kappa shape index (κ2) is 16.9. The number of ether oxygens (including phenoxy) is 1. The van der Waals surface area contributed by atoms with E-state index in [1.807, 2.05) is 0 Å². The highest BCUT2D eigenvalue weighted by molar-refractivity contribution is 5.86. The van der Waals surface area contributed by atoms with Crippen molar-refractivity contribution < 1.29 is 14.6 Å². The van der Waals surface area contributed by atoms with Crippen LogP contribution < -0.4 is 0 Å². The Morgan fingerprint density at radius 2 is 1.56 bits per heavy atom. The fraction of sp³-hybridized carbons (Fsp3) is 0.710. The Labute approximate surface area is 209 Å². The molecule has 1 aromatic carbocycles. The van der Waals surface area contributed by atoms with Gasteiger partial charge in [0, 0.05) is 12.2 Å². The lowest BCUT2D eigenvalue weighted by molar-refractivity contribution is -0.139. The van der Waals surface area contributed by atoms with Gasteiger partial charge in [-0.25, -0.2) is 4.79 Å². The SMILES string of the molecule is C=C(C)C(=O)OCCC(CCO)CC1CCC(CCCCc2ccc(CCCCC)cc2)CC1. The summed E-state index contributed by atoms with van der Waals surface area (Å²) in [5.41, 5.74) is 3.43. The first-order valence-corrected chi connectivity index (χ1v) is 14.0. The third-order valence-corrected chi connectivity index (χ3v) is 7.70. The zero-order valence-electron chi connectivity index (χ0n) is 22.0. The number of carbonyl (C=O) groups is 1. The first-order valence-electron chi connectivity index (χ1n) is 14.0. The minimum Gasteiger partial charge on any atom is -0.462 e. The molecule has 1 atom stereocenters. The average molecular weight is 471 g/mol. The summed E-state index contributed by atoms with van der Waals surface area (Å²) in [4.78, 5) is 11.6. The van der Waals surface area contributed by atoms with Gasteiger partial charge in [-0.1, -0.05) is 89.1 Å². The average Bonchev–Trinajstić information content (AvgIpc) is 2.84. The van der Waals surface area contributed by atoms with Gasteiger partial charge in [0.15, 0.2) is 0 Å². The third-order valence-electron chi connectivity index (χ3n) is 7.70. The van der Waals surface area contributed by atoms with Gasteiger partial charge in [-0.2, -0.15) is 0 Å². The summed E-state index contributed by atoms with van der Waals surface area (Å²) in [5.74, 6) is 1.80. The first-order chi connectivity index (χ1) is 16.5. The number of unbranched alkanes of at least 4 members (excludes halogenated alkanes) is 3. The zero-order valence-corrected chi connectivity index (χ0v) is 22.0. The molecule has 0 amide bonds. The summed E-state index contributed by atoms with van der Waals surface area (Å²) in [5, 5.41) is 9.44. The molecule has 3 nitrogen and oxygen atoms in total. The van der Waals surface area contributed by atoms with Crippen molar-refractivity contribution in [2.75, 3.05) is 13.2 Å². The van der Waals surface area contributed by atoms with E-state index < -0.39 is 0 Å². The second-order valence-electron chi connectivity index (χ2n) is 10.7. The molecule has 2 rings (SSSR count). The molecule has 3 heteroatoms. The highest BCUT2D eigenvalue weighted by atomic mass is 16.5. The highest BCUT2D eigenvalue weighted by Crippen LogP contribution is 2.36. The van der Waals surface area contributed by atoms with Crippen molar-refractivity contribution in [2.24, 2.45) is 17.8 Å². The van der Waals surface area contributed by atoms with Crippen molar-refractivity contribution in [1.29, 1.82) is 0 Å². The van der Waals surface area contributed by atoms with Crippen molar-refractivity contribution >= 4 is 5.97 Å². The quantitative estimate of drug-likeness (QED) is 0.143. The van der Waals surface area contributed by atoms with Gasteiger partial charge in [0.05, 0.1) is 6.61 Å². The highest BCUT2D eigenvalue weighted by Gasteiger charge is 2.23. The van der Waals surface area contributed by atoms with Crippen molar-refractivity contribution in [1.82, 2.24) is 0 Å². The van der Waals surface area contributed by atoms with Crippen LogP contribution in [0.15, 0.2) is 36.4 Å². The molecule has 0 aliphatic heterocycles. The Bertz CT molecular complexity index is 685. The van der Waals surface area contributed by atoms with Gasteiger partial charge in [0.25, 0.3) is 0 Å². The van der Waals surface area contributed by atoms with Crippen LogP contribution in [0.4, 0.5) is 0 Å². The second-order valence-corrected chi connectivity index (χ2v) is 10.7. The van der Waals surface area contributed by atoms with E-state index in [1.165, 1.54) is 88.2 Å². The molecule has 34 heavy (non-hydrogen) atoms. The Kier molecular flexibility index (Phi) is 14.2. The lowest BCUT2D eigenvalue weighted by atomic mass is 9.75. The first kappa shape index (κ1) is 28.6. The Morgan fingerprint density at radius 3 is 2.12 bits per heavy atom. The number of carbonyl (C=O) groups excluding carboxylic acids is 1. The molecule has 0 radical (unpaired) electrons. The molecule has 1 saturated carbocycles. The molecule has 0 aromatic heterocycles. The molecule has 0 bridgehead atoms. The lowest BCUT2D eigenvalue weighted by Crippen LogP contribution is -2.19. The van der Waals surface area contributed by atoms with Crippen molar-refractivity contribution in [2.45, 2.75) is 110 Å². The smallest absolute Gasteiger partial charge is 0.333 e. The van der Waals surface area contributed by atoms with Crippen LogP contribution >= 0.6 is 0 Å². The number of esters is 1. The largest absolute Gasteiger partial charge is 0.462 e. The molecule has 192 valence electrons. The number of hydrogen-bond donors (Lipinski definition) is 1. The van der Waals surface area contributed by atoms with Crippen LogP contribution in [0, 0.1) is 17.8 Å². The van der Waals surface area contributed by atoms with Gasteiger partial charge >= 0.3 is 5.97 Å². The van der Waals surface area contributed by atoms with E-state index in [4.69, 9.17) is 4.74 Å². The lowest BCUT2D eigenvalue weighted by Gasteiger charge is -2.31. The maximum Gasteiger partial charge on any atom is 0.333 e. The Hall–Kier alpha value is -1.61. The molecule has 0 spiro atoms. The zero-order chi connectivity index (χ0) is 24.6. The number of hydrogen-bond acceptors (Lipinski definition) is 3. The van der Waals surface area contributed by atoms with Gasteiger partial charge in [-0.05, 0) is 80.8 Å². The van der Waals surface area contributed by atoms with Gasteiger partial charge in [-0.15, -0.1) is 0 Å². The Morgan fingerprint density at radius 1 is 0.971 bits per heavy atom. The van der Waals surface area contributed by atoms with Gasteiger partial charge < -0.3 is 9.84 Å². The molecule has 0 heterocycles. The minimum atomic E-state index is -0.303. The summed E-state index contributed by atoms with van der Waals surface area (Å²) in [6, 6.07) is 9.35. The number of aryl methyl sites for hydroxylation is 2. The summed E-state index contributed by atoms with van der Waals surface area (Å²) in [6.07, 6.45) is 18.5. The molecular formula is C31H50O3. The molecule has 0 saturated heterocycles. The normalized spacial score (nSPS) is 19.0. The van der Waals surface area contributed by atoms with Crippen molar-refractivity contribution in [3.8, 4) is 0 Å². The molecule has 1 fully saturated rings. The molecule has 1 aliphatic rings. The minimum absolute atomic E-state index is 0.218. The van der Waals surface area contributed by atoms with E-state index in [9.17, 15) is 9.90 Å². The number of benzene rings is 1. The third kappa shape index (κ3) is 11.7. The van der Waals surface area contributed by atoms with Crippen LogP contribution in [-0.4, -0.2) is 24.3 Å². The van der Waals surface area contributed by atoms with Crippen LogP contribution in [0.1, 0.15) is 108 Å². The monoisotopic (exact) mass is 470 g/mol. The fourth-order valence-electron chi connectivity index (χ4n) is 5.45. The molecule has 1 aliphatic carbocycles. The van der Waals surface area contributed by atoms with Gasteiger partial charge in [0.1, 0.15) is 0 Å². The molecular weight excluding hydrogens is 420 g/mol. The number of rotatable bonds is 17. The molecule has 1 N–H and O–H groups in total. The maximum atomic E-state index is 11.6.